The number of fused-ring (bicyclic) bond motifs is 4. The van der Waals surface area contributed by atoms with Crippen LogP contribution in [0.1, 0.15) is 95.9 Å². The number of Topliss-reactive ketones (excluding diaryl/α,β-unsaturated/α-hetero) is 1. The van der Waals surface area contributed by atoms with Crippen molar-refractivity contribution in [3.8, 4) is 0 Å². The molecule has 2 aromatic heterocycles. The van der Waals surface area contributed by atoms with Crippen LogP contribution in [-0.2, 0) is 57.8 Å². The number of aryl methyl sites for hydroxylation is 5. The van der Waals surface area contributed by atoms with Gasteiger partial charge in [-0.3, -0.25) is 23.7 Å². The molecule has 10 nitrogen and oxygen atoms in total. The van der Waals surface area contributed by atoms with E-state index in [0.717, 1.165) is 69.0 Å². The van der Waals surface area contributed by atoms with Gasteiger partial charge < -0.3 is 15.5 Å². The lowest BCUT2D eigenvalue weighted by Crippen LogP contribution is -2.30. The van der Waals surface area contributed by atoms with Crippen LogP contribution in [-0.4, -0.2) is 37.2 Å². The predicted octanol–water partition coefficient (Wildman–Crippen LogP) is 8.03. The number of benzene rings is 4. The first-order valence-electron chi connectivity index (χ1n) is 20.0. The number of rotatable bonds is 7. The lowest BCUT2D eigenvalue weighted by molar-refractivity contribution is -0.120. The predicted molar refractivity (Wildman–Crippen MR) is 229 cm³/mol. The van der Waals surface area contributed by atoms with E-state index in [4.69, 9.17) is 5.73 Å². The van der Waals surface area contributed by atoms with E-state index < -0.39 is 11.6 Å². The Kier molecular flexibility index (Phi) is 12.2. The van der Waals surface area contributed by atoms with Crippen LogP contribution in [0.25, 0.3) is 0 Å². The largest absolute Gasteiger partial charge is 0.326 e. The van der Waals surface area contributed by atoms with Crippen LogP contribution in [0.4, 0.5) is 20.2 Å². The Hall–Kier alpha value is -5.98. The molecule has 9 rings (SSSR count). The standard InChI is InChI=1S/C26H26FN3O2.C21H21FN4O.ClH/c1-16-3-9-23-20(11-16)13-24-21(14-28-29(24)2)15-30(23)26(32)19-7-4-17(22(27)12-19)8-10-25(31)18-5-6-18;1-13-3-6-19-16(7-13)9-20-17(11-24-25(20)2)12-26(19)21(27)14-4-5-15(10-23)18(22)8-14;/h3-4,7,9,11-12,14,18H,5-6,8,10,13,15H2,1-2H3;3-8,11H,9-10,12,23H2,1-2H3;1H. The number of hydrogen-bond donors (Lipinski definition) is 1. The van der Waals surface area contributed by atoms with Crippen molar-refractivity contribution >= 4 is 41.4 Å². The fourth-order valence-electron chi connectivity index (χ4n) is 8.12. The van der Waals surface area contributed by atoms with Crippen LogP contribution in [0.5, 0.6) is 0 Å². The first-order valence-corrected chi connectivity index (χ1v) is 20.0. The van der Waals surface area contributed by atoms with Crippen LogP contribution >= 0.6 is 12.4 Å². The summed E-state index contributed by atoms with van der Waals surface area (Å²) >= 11 is 0. The van der Waals surface area contributed by atoms with Gasteiger partial charge in [0.25, 0.3) is 11.8 Å². The second-order valence-electron chi connectivity index (χ2n) is 15.9. The molecule has 0 radical (unpaired) electrons. The number of nitrogens with zero attached hydrogens (tertiary/aromatic N) is 6. The molecule has 0 saturated heterocycles. The second kappa shape index (κ2) is 17.3. The Morgan fingerprint density at radius 2 is 1.13 bits per heavy atom. The number of amides is 2. The van der Waals surface area contributed by atoms with E-state index >= 15 is 0 Å². The number of carbonyl (C=O) groups excluding carboxylic acids is 3. The maximum Gasteiger partial charge on any atom is 0.258 e. The van der Waals surface area contributed by atoms with E-state index in [0.29, 0.717) is 61.0 Å². The Morgan fingerprint density at radius 1 is 0.667 bits per heavy atom. The quantitative estimate of drug-likeness (QED) is 0.174. The molecule has 0 bridgehead atoms. The summed E-state index contributed by atoms with van der Waals surface area (Å²) in [4.78, 5) is 42.2. The van der Waals surface area contributed by atoms with Gasteiger partial charge in [-0.05, 0) is 86.2 Å². The molecule has 0 atom stereocenters. The first-order chi connectivity index (χ1) is 28.4. The highest BCUT2D eigenvalue weighted by molar-refractivity contribution is 6.07. The lowest BCUT2D eigenvalue weighted by atomic mass is 10.0. The highest BCUT2D eigenvalue weighted by Gasteiger charge is 2.31. The molecule has 2 amide bonds. The minimum absolute atomic E-state index is 0. The topological polar surface area (TPSA) is 119 Å². The number of ketones is 1. The summed E-state index contributed by atoms with van der Waals surface area (Å²) < 4.78 is 32.7. The Bertz CT molecular complexity index is 2630. The maximum atomic E-state index is 14.8. The minimum atomic E-state index is -0.454. The van der Waals surface area contributed by atoms with Crippen molar-refractivity contribution in [2.75, 3.05) is 9.80 Å². The summed E-state index contributed by atoms with van der Waals surface area (Å²) in [6.45, 7) is 4.95. The summed E-state index contributed by atoms with van der Waals surface area (Å²) in [5, 5.41) is 8.71. The Balaban J connectivity index is 0.000000181. The average Bonchev–Trinajstić information content (AvgIpc) is 4.00. The van der Waals surface area contributed by atoms with Crippen LogP contribution in [0.15, 0.2) is 85.2 Å². The molecule has 2 N–H and O–H groups in total. The second-order valence-corrected chi connectivity index (χ2v) is 15.9. The summed E-state index contributed by atoms with van der Waals surface area (Å²) in [6, 6.07) is 21.2. The van der Waals surface area contributed by atoms with Gasteiger partial charge in [0.05, 0.1) is 25.5 Å². The van der Waals surface area contributed by atoms with E-state index in [2.05, 4.69) is 22.3 Å². The van der Waals surface area contributed by atoms with Crippen molar-refractivity contribution in [3.05, 3.63) is 164 Å². The third-order valence-electron chi connectivity index (χ3n) is 11.7. The number of nitrogens with two attached hydrogens (primary N) is 1. The lowest BCUT2D eigenvalue weighted by Gasteiger charge is -2.23. The molecule has 3 aliphatic rings. The van der Waals surface area contributed by atoms with E-state index in [-0.39, 0.29) is 42.5 Å². The zero-order chi connectivity index (χ0) is 41.5. The van der Waals surface area contributed by atoms with Gasteiger partial charge in [-0.15, -0.1) is 12.4 Å². The minimum Gasteiger partial charge on any atom is -0.326 e. The van der Waals surface area contributed by atoms with Gasteiger partial charge in [-0.25, -0.2) is 8.78 Å². The molecule has 4 aromatic carbocycles. The van der Waals surface area contributed by atoms with E-state index in [1.165, 1.54) is 12.1 Å². The van der Waals surface area contributed by atoms with Gasteiger partial charge in [0, 0.05) is 96.4 Å². The molecule has 310 valence electrons. The first kappa shape index (κ1) is 42.2. The highest BCUT2D eigenvalue weighted by atomic mass is 35.5. The third kappa shape index (κ3) is 8.53. The SMILES string of the molecule is Cc1ccc2c(c1)Cc1c(cnn1C)CN2C(=O)c1ccc(CCC(=O)C2CC2)c(F)c1.Cc1ccc2c(c1)Cc1c(cnn1C)CN2C(=O)c1ccc(CN)c(F)c1.Cl. The van der Waals surface area contributed by atoms with Gasteiger partial charge in [0.1, 0.15) is 17.4 Å². The summed E-state index contributed by atoms with van der Waals surface area (Å²) in [7, 11) is 3.82. The molecule has 1 fully saturated rings. The molecule has 13 heteroatoms. The fraction of sp³-hybridized carbons (Fsp3) is 0.298. The molecule has 60 heavy (non-hydrogen) atoms. The number of halogens is 3. The molecule has 4 heterocycles. The maximum absolute atomic E-state index is 14.8. The van der Waals surface area contributed by atoms with Crippen LogP contribution in [0.2, 0.25) is 0 Å². The van der Waals surface area contributed by atoms with Crippen LogP contribution in [0.3, 0.4) is 0 Å². The van der Waals surface area contributed by atoms with Crippen LogP contribution < -0.4 is 15.5 Å². The molecular weight excluding hydrogens is 784 g/mol. The van der Waals surface area contributed by atoms with Gasteiger partial charge in [-0.2, -0.15) is 10.2 Å². The smallest absolute Gasteiger partial charge is 0.258 e. The van der Waals surface area contributed by atoms with Gasteiger partial charge in [-0.1, -0.05) is 47.5 Å². The molecule has 0 unspecified atom stereocenters. The van der Waals surface area contributed by atoms with Crippen molar-refractivity contribution < 1.29 is 23.2 Å². The molecule has 1 saturated carbocycles. The van der Waals surface area contributed by atoms with Crippen molar-refractivity contribution in [2.45, 2.75) is 72.0 Å². The molecule has 1 aliphatic carbocycles. The van der Waals surface area contributed by atoms with Gasteiger partial charge in [0.15, 0.2) is 0 Å². The van der Waals surface area contributed by atoms with Crippen molar-refractivity contribution in [3.63, 3.8) is 0 Å². The normalized spacial score (nSPS) is 14.0. The highest BCUT2D eigenvalue weighted by Crippen LogP contribution is 2.35. The average molecular weight is 832 g/mol. The van der Waals surface area contributed by atoms with Gasteiger partial charge in [0.2, 0.25) is 0 Å². The summed E-state index contributed by atoms with van der Waals surface area (Å²) in [6.07, 6.45) is 7.65. The molecule has 6 aromatic rings. The van der Waals surface area contributed by atoms with Crippen molar-refractivity contribution in [1.29, 1.82) is 0 Å². The third-order valence-corrected chi connectivity index (χ3v) is 11.7. The van der Waals surface area contributed by atoms with E-state index in [9.17, 15) is 23.2 Å². The molecular formula is C47H48ClF2N7O3. The summed E-state index contributed by atoms with van der Waals surface area (Å²) in [5.74, 6) is -0.966. The zero-order valence-electron chi connectivity index (χ0n) is 34.2. The monoisotopic (exact) mass is 831 g/mol. The van der Waals surface area contributed by atoms with Crippen molar-refractivity contribution in [2.24, 2.45) is 25.7 Å². The number of hydrogen-bond acceptors (Lipinski definition) is 6. The van der Waals surface area contributed by atoms with Crippen molar-refractivity contribution in [1.82, 2.24) is 19.6 Å². The Morgan fingerprint density at radius 3 is 1.57 bits per heavy atom. The number of anilines is 2. The van der Waals surface area contributed by atoms with E-state index in [1.54, 1.807) is 46.5 Å². The van der Waals surface area contributed by atoms with Gasteiger partial charge >= 0.3 is 0 Å². The summed E-state index contributed by atoms with van der Waals surface area (Å²) in [5.41, 5.74) is 17.2. The molecule has 2 aliphatic heterocycles. The Labute approximate surface area is 354 Å². The fourth-order valence-corrected chi connectivity index (χ4v) is 8.12. The molecule has 0 spiro atoms. The number of carbonyl (C=O) groups is 3. The van der Waals surface area contributed by atoms with E-state index in [1.807, 2.05) is 61.6 Å². The number of aromatic nitrogens is 4. The zero-order valence-corrected chi connectivity index (χ0v) is 35.0. The van der Waals surface area contributed by atoms with Crippen LogP contribution in [0, 0.1) is 31.4 Å².